The lowest BCUT2D eigenvalue weighted by Gasteiger charge is -2.06. The Kier molecular flexibility index (Phi) is 41.1. The summed E-state index contributed by atoms with van der Waals surface area (Å²) in [7, 11) is 1.67. The first-order chi connectivity index (χ1) is 16.6. The van der Waals surface area contributed by atoms with Crippen molar-refractivity contribution in [3.63, 3.8) is 0 Å². The fourth-order valence-electron chi connectivity index (χ4n) is 2.38. The first-order valence-corrected chi connectivity index (χ1v) is 13.9. The fourth-order valence-corrected chi connectivity index (χ4v) is 2.38. The van der Waals surface area contributed by atoms with Gasteiger partial charge in [-0.3, -0.25) is 0 Å². The Morgan fingerprint density at radius 2 is 0.882 bits per heavy atom. The molecular formula is C32H60O2. The number of hydrogen-bond acceptors (Lipinski definition) is 2. The number of hydrogen-bond donors (Lipinski definition) is 0. The van der Waals surface area contributed by atoms with Gasteiger partial charge in [0.25, 0.3) is 0 Å². The van der Waals surface area contributed by atoms with Gasteiger partial charge in [-0.05, 0) is 44.5 Å². The largest absolute Gasteiger partial charge is 0.497 e. The molecule has 2 aromatic carbocycles. The molecule has 2 rings (SSSR count). The van der Waals surface area contributed by atoms with E-state index in [1.807, 2.05) is 77.9 Å². The van der Waals surface area contributed by atoms with Gasteiger partial charge in [0.1, 0.15) is 11.5 Å². The van der Waals surface area contributed by atoms with Gasteiger partial charge in [0.15, 0.2) is 0 Å². The molecule has 2 aromatic rings. The maximum Gasteiger partial charge on any atom is 0.119 e. The maximum absolute atomic E-state index is 5.67. The van der Waals surface area contributed by atoms with Crippen LogP contribution in [0.25, 0.3) is 0 Å². The Labute approximate surface area is 215 Å². The minimum absolute atomic E-state index is 0.856. The molecule has 34 heavy (non-hydrogen) atoms. The third-order valence-electron chi connectivity index (χ3n) is 4.04. The van der Waals surface area contributed by atoms with Gasteiger partial charge in [-0.25, -0.2) is 0 Å². The lowest BCUT2D eigenvalue weighted by Crippen LogP contribution is -1.97. The minimum Gasteiger partial charge on any atom is -0.497 e. The van der Waals surface area contributed by atoms with E-state index in [-0.39, 0.29) is 0 Å². The Balaban J connectivity index is -0.000000211. The Hall–Kier alpha value is -1.96. The van der Waals surface area contributed by atoms with E-state index in [2.05, 4.69) is 46.8 Å². The number of rotatable bonds is 9. The smallest absolute Gasteiger partial charge is 0.119 e. The number of unbranched alkanes of at least 4 members (excludes halogenated alkanes) is 5. The van der Waals surface area contributed by atoms with Gasteiger partial charge in [0, 0.05) is 0 Å². The van der Waals surface area contributed by atoms with Crippen LogP contribution in [-0.4, -0.2) is 13.7 Å². The molecule has 0 fully saturated rings. The maximum atomic E-state index is 5.67. The first kappa shape index (κ1) is 39.3. The molecule has 0 aliphatic rings. The van der Waals surface area contributed by atoms with Crippen molar-refractivity contribution < 1.29 is 9.47 Å². The van der Waals surface area contributed by atoms with Crippen molar-refractivity contribution in [2.24, 2.45) is 0 Å². The summed E-state index contributed by atoms with van der Waals surface area (Å²) >= 11 is 0. The Morgan fingerprint density at radius 3 is 1.26 bits per heavy atom. The predicted octanol–water partition coefficient (Wildman–Crippen LogP) is 11.2. The first-order valence-electron chi connectivity index (χ1n) is 13.9. The lowest BCUT2D eigenvalue weighted by molar-refractivity contribution is 0.304. The fraction of sp³-hybridized carbons (Fsp3) is 0.625. The van der Waals surface area contributed by atoms with Gasteiger partial charge in [-0.15, -0.1) is 0 Å². The van der Waals surface area contributed by atoms with Crippen molar-refractivity contribution in [2.75, 3.05) is 13.7 Å². The standard InChI is InChI=1S/C15H24O.C8H10O.C3H8.3C2H6/c1-3-4-5-6-7-8-13-16-15-11-9-14(2)10-12-15;1-7-3-5-8(9-2)6-4-7;1-3-2;3*1-2/h9-12H,3-8,13H2,1-2H3;3-6H,1-2H3;3H2,1-2H3;3*1-2H3. The summed E-state index contributed by atoms with van der Waals surface area (Å²) in [6.07, 6.45) is 9.15. The highest BCUT2D eigenvalue weighted by Crippen LogP contribution is 2.12. The van der Waals surface area contributed by atoms with Crippen molar-refractivity contribution in [2.45, 2.75) is 121 Å². The second kappa shape index (κ2) is 35.6. The van der Waals surface area contributed by atoms with Crippen LogP contribution >= 0.6 is 0 Å². The second-order valence-corrected chi connectivity index (χ2v) is 7.15. The Bertz CT molecular complexity index is 559. The van der Waals surface area contributed by atoms with Crippen LogP contribution in [-0.2, 0) is 0 Å². The van der Waals surface area contributed by atoms with E-state index < -0.39 is 0 Å². The molecular weight excluding hydrogens is 416 g/mol. The summed E-state index contributed by atoms with van der Waals surface area (Å²) in [5, 5.41) is 0. The minimum atomic E-state index is 0.856. The highest BCUT2D eigenvalue weighted by molar-refractivity contribution is 5.26. The molecule has 0 amide bonds. The van der Waals surface area contributed by atoms with E-state index in [0.29, 0.717) is 0 Å². The molecule has 0 aliphatic heterocycles. The molecule has 0 aromatic heterocycles. The van der Waals surface area contributed by atoms with Crippen molar-refractivity contribution in [1.29, 1.82) is 0 Å². The monoisotopic (exact) mass is 476 g/mol. The summed E-state index contributed by atoms with van der Waals surface area (Å²) in [5.74, 6) is 1.92. The molecule has 0 aliphatic carbocycles. The predicted molar refractivity (Wildman–Crippen MR) is 158 cm³/mol. The average molecular weight is 477 g/mol. The highest BCUT2D eigenvalue weighted by Gasteiger charge is 1.94. The zero-order chi connectivity index (χ0) is 27.0. The molecule has 2 nitrogen and oxygen atoms in total. The van der Waals surface area contributed by atoms with Crippen molar-refractivity contribution >= 4 is 0 Å². The average Bonchev–Trinajstić information content (AvgIpc) is 2.89. The van der Waals surface area contributed by atoms with Gasteiger partial charge >= 0.3 is 0 Å². The van der Waals surface area contributed by atoms with Gasteiger partial charge < -0.3 is 9.47 Å². The Morgan fingerprint density at radius 1 is 0.529 bits per heavy atom. The molecule has 0 heterocycles. The summed E-state index contributed by atoms with van der Waals surface area (Å²) < 4.78 is 10.6. The van der Waals surface area contributed by atoms with Gasteiger partial charge in [0.05, 0.1) is 13.7 Å². The molecule has 0 unspecified atom stereocenters. The number of aryl methyl sites for hydroxylation is 2. The zero-order valence-electron chi connectivity index (χ0n) is 25.1. The molecule has 0 spiro atoms. The van der Waals surface area contributed by atoms with Crippen LogP contribution in [0.4, 0.5) is 0 Å². The topological polar surface area (TPSA) is 18.5 Å². The van der Waals surface area contributed by atoms with Gasteiger partial charge in [-0.1, -0.05) is 136 Å². The van der Waals surface area contributed by atoms with Crippen LogP contribution in [0.2, 0.25) is 0 Å². The second-order valence-electron chi connectivity index (χ2n) is 7.15. The zero-order valence-corrected chi connectivity index (χ0v) is 25.1. The molecule has 0 N–H and O–H groups in total. The summed E-state index contributed by atoms with van der Waals surface area (Å²) in [6.45, 7) is 23.5. The number of methoxy groups -OCH3 is 1. The molecule has 2 heteroatoms. The van der Waals surface area contributed by atoms with Crippen LogP contribution in [0.1, 0.15) is 118 Å². The normalized spacial score (nSPS) is 8.35. The van der Waals surface area contributed by atoms with Crippen molar-refractivity contribution in [1.82, 2.24) is 0 Å². The molecule has 200 valence electrons. The van der Waals surface area contributed by atoms with Gasteiger partial charge in [-0.2, -0.15) is 0 Å². The van der Waals surface area contributed by atoms with E-state index in [9.17, 15) is 0 Å². The van der Waals surface area contributed by atoms with E-state index in [0.717, 1.165) is 18.1 Å². The highest BCUT2D eigenvalue weighted by atomic mass is 16.5. The molecule has 0 radical (unpaired) electrons. The molecule has 0 atom stereocenters. The van der Waals surface area contributed by atoms with E-state index in [1.165, 1.54) is 56.1 Å². The van der Waals surface area contributed by atoms with Gasteiger partial charge in [0.2, 0.25) is 0 Å². The van der Waals surface area contributed by atoms with E-state index in [4.69, 9.17) is 9.47 Å². The molecule has 0 saturated carbocycles. The van der Waals surface area contributed by atoms with Crippen molar-refractivity contribution in [3.05, 3.63) is 59.7 Å². The van der Waals surface area contributed by atoms with Crippen molar-refractivity contribution in [3.8, 4) is 11.5 Å². The summed E-state index contributed by atoms with van der Waals surface area (Å²) in [4.78, 5) is 0. The molecule has 0 saturated heterocycles. The third kappa shape index (κ3) is 30.0. The third-order valence-corrected chi connectivity index (χ3v) is 4.04. The van der Waals surface area contributed by atoms with E-state index >= 15 is 0 Å². The lowest BCUT2D eigenvalue weighted by atomic mass is 10.1. The van der Waals surface area contributed by atoms with Crippen LogP contribution in [0.15, 0.2) is 48.5 Å². The summed E-state index contributed by atoms with van der Waals surface area (Å²) in [5.41, 5.74) is 2.54. The van der Waals surface area contributed by atoms with Crippen LogP contribution < -0.4 is 9.47 Å². The summed E-state index contributed by atoms with van der Waals surface area (Å²) in [6, 6.07) is 16.2. The molecule has 0 bridgehead atoms. The van der Waals surface area contributed by atoms with E-state index in [1.54, 1.807) is 7.11 Å². The SMILES string of the molecule is CC.CC.CC.CCC.CCCCCCCCOc1ccc(C)cc1.COc1ccc(C)cc1. The van der Waals surface area contributed by atoms with Crippen LogP contribution in [0, 0.1) is 13.8 Å². The number of ether oxygens (including phenoxy) is 2. The number of benzene rings is 2. The van der Waals surface area contributed by atoms with Crippen LogP contribution in [0.5, 0.6) is 11.5 Å². The van der Waals surface area contributed by atoms with Crippen LogP contribution in [0.3, 0.4) is 0 Å². The quantitative estimate of drug-likeness (QED) is 0.335.